The number of rotatable bonds is 3. The molecule has 13 heavy (non-hydrogen) atoms. The molecule has 0 aliphatic heterocycles. The first-order chi connectivity index (χ1) is 6.24. The molecule has 0 atom stereocenters. The second-order valence-corrected chi connectivity index (χ2v) is 3.17. The van der Waals surface area contributed by atoms with E-state index in [0.717, 1.165) is 18.4 Å². The summed E-state index contributed by atoms with van der Waals surface area (Å²) >= 11 is 5.51. The lowest BCUT2D eigenvalue weighted by atomic mass is 10.1. The molecule has 0 bridgehead atoms. The molecule has 0 amide bonds. The molecule has 0 aliphatic rings. The molecule has 0 aromatic heterocycles. The summed E-state index contributed by atoms with van der Waals surface area (Å²) in [4.78, 5) is 0. The lowest BCUT2D eigenvalue weighted by Gasteiger charge is -1.99. The normalized spacial score (nSPS) is 9.62. The van der Waals surface area contributed by atoms with Gasteiger partial charge in [0.25, 0.3) is 0 Å². The molecule has 0 saturated carbocycles. The standard InChI is InChI=1S/C10H9ClFN/c11-9-5-4-8(7-10(9)12)3-1-2-6-13/h4-5,7H,1-3H2. The van der Waals surface area contributed by atoms with Gasteiger partial charge in [-0.05, 0) is 30.5 Å². The van der Waals surface area contributed by atoms with E-state index < -0.39 is 5.82 Å². The van der Waals surface area contributed by atoms with Crippen molar-refractivity contribution in [2.24, 2.45) is 0 Å². The monoisotopic (exact) mass is 197 g/mol. The minimum Gasteiger partial charge on any atom is -0.205 e. The van der Waals surface area contributed by atoms with Crippen LogP contribution in [0.15, 0.2) is 18.2 Å². The third-order valence-corrected chi connectivity index (χ3v) is 2.04. The first-order valence-electron chi connectivity index (χ1n) is 4.05. The van der Waals surface area contributed by atoms with E-state index in [4.69, 9.17) is 16.9 Å². The number of hydrogen-bond acceptors (Lipinski definition) is 1. The SMILES string of the molecule is N#CCCCc1ccc(Cl)c(F)c1. The summed E-state index contributed by atoms with van der Waals surface area (Å²) in [5.74, 6) is -0.392. The molecule has 1 aromatic carbocycles. The predicted octanol–water partition coefficient (Wildman–Crippen LogP) is 3.33. The van der Waals surface area contributed by atoms with Crippen molar-refractivity contribution >= 4 is 11.6 Å². The third kappa shape index (κ3) is 3.04. The van der Waals surface area contributed by atoms with E-state index in [1.165, 1.54) is 6.07 Å². The number of aryl methyl sites for hydroxylation is 1. The first kappa shape index (κ1) is 10.0. The molecule has 0 unspecified atom stereocenters. The van der Waals surface area contributed by atoms with Crippen molar-refractivity contribution in [2.45, 2.75) is 19.3 Å². The van der Waals surface area contributed by atoms with Gasteiger partial charge in [0.15, 0.2) is 0 Å². The molecule has 68 valence electrons. The topological polar surface area (TPSA) is 23.8 Å². The molecule has 1 rings (SSSR count). The fraction of sp³-hybridized carbons (Fsp3) is 0.300. The van der Waals surface area contributed by atoms with Crippen LogP contribution >= 0.6 is 11.6 Å². The number of nitrogens with zero attached hydrogens (tertiary/aromatic N) is 1. The van der Waals surface area contributed by atoms with Gasteiger partial charge in [-0.1, -0.05) is 17.7 Å². The highest BCUT2D eigenvalue weighted by atomic mass is 35.5. The molecule has 0 saturated heterocycles. The quantitative estimate of drug-likeness (QED) is 0.682. The maximum atomic E-state index is 12.9. The van der Waals surface area contributed by atoms with Gasteiger partial charge in [-0.2, -0.15) is 5.26 Å². The zero-order valence-corrected chi connectivity index (χ0v) is 7.81. The Bertz CT molecular complexity index is 330. The van der Waals surface area contributed by atoms with Gasteiger partial charge in [-0.25, -0.2) is 4.39 Å². The van der Waals surface area contributed by atoms with Crippen molar-refractivity contribution in [1.29, 1.82) is 5.26 Å². The Morgan fingerprint density at radius 2 is 2.23 bits per heavy atom. The maximum absolute atomic E-state index is 12.9. The highest BCUT2D eigenvalue weighted by Crippen LogP contribution is 2.16. The van der Waals surface area contributed by atoms with Crippen LogP contribution in [-0.2, 0) is 6.42 Å². The van der Waals surface area contributed by atoms with E-state index in [9.17, 15) is 4.39 Å². The van der Waals surface area contributed by atoms with Crippen molar-refractivity contribution in [3.05, 3.63) is 34.6 Å². The summed E-state index contributed by atoms with van der Waals surface area (Å²) < 4.78 is 12.9. The Labute approximate surface area is 81.8 Å². The van der Waals surface area contributed by atoms with E-state index in [0.29, 0.717) is 6.42 Å². The summed E-state index contributed by atoms with van der Waals surface area (Å²) in [5.41, 5.74) is 0.886. The lowest BCUT2D eigenvalue weighted by Crippen LogP contribution is -1.86. The lowest BCUT2D eigenvalue weighted by molar-refractivity contribution is 0.625. The van der Waals surface area contributed by atoms with E-state index in [-0.39, 0.29) is 5.02 Å². The van der Waals surface area contributed by atoms with E-state index in [2.05, 4.69) is 0 Å². The molecule has 0 radical (unpaired) electrons. The van der Waals surface area contributed by atoms with E-state index in [1.54, 1.807) is 12.1 Å². The van der Waals surface area contributed by atoms with Crippen LogP contribution in [0.25, 0.3) is 0 Å². The smallest absolute Gasteiger partial charge is 0.142 e. The van der Waals surface area contributed by atoms with Gasteiger partial charge in [0.05, 0.1) is 11.1 Å². The zero-order chi connectivity index (χ0) is 9.68. The minimum absolute atomic E-state index is 0.143. The summed E-state index contributed by atoms with van der Waals surface area (Å²) in [6, 6.07) is 6.78. The van der Waals surface area contributed by atoms with Crippen LogP contribution in [0.3, 0.4) is 0 Å². The van der Waals surface area contributed by atoms with Crippen LogP contribution in [0.5, 0.6) is 0 Å². The minimum atomic E-state index is -0.392. The number of nitriles is 1. The summed E-state index contributed by atoms with van der Waals surface area (Å²) in [6.07, 6.45) is 1.99. The molecular formula is C10H9ClFN. The summed E-state index contributed by atoms with van der Waals surface area (Å²) in [6.45, 7) is 0. The number of benzene rings is 1. The third-order valence-electron chi connectivity index (χ3n) is 1.74. The fourth-order valence-corrected chi connectivity index (χ4v) is 1.18. The van der Waals surface area contributed by atoms with Crippen molar-refractivity contribution in [1.82, 2.24) is 0 Å². The average Bonchev–Trinajstić information content (AvgIpc) is 2.12. The Morgan fingerprint density at radius 1 is 1.46 bits per heavy atom. The van der Waals surface area contributed by atoms with E-state index in [1.807, 2.05) is 6.07 Å². The molecule has 0 fully saturated rings. The Morgan fingerprint density at radius 3 is 2.85 bits per heavy atom. The second-order valence-electron chi connectivity index (χ2n) is 2.76. The summed E-state index contributed by atoms with van der Waals surface area (Å²) in [5, 5.41) is 8.44. The molecular weight excluding hydrogens is 189 g/mol. The van der Waals surface area contributed by atoms with E-state index >= 15 is 0 Å². The van der Waals surface area contributed by atoms with Gasteiger partial charge < -0.3 is 0 Å². The largest absolute Gasteiger partial charge is 0.205 e. The van der Waals surface area contributed by atoms with Crippen LogP contribution in [-0.4, -0.2) is 0 Å². The predicted molar refractivity (Wildman–Crippen MR) is 50.0 cm³/mol. The van der Waals surface area contributed by atoms with Crippen LogP contribution in [0.4, 0.5) is 4.39 Å². The number of halogens is 2. The number of unbranched alkanes of at least 4 members (excludes halogenated alkanes) is 1. The average molecular weight is 198 g/mol. The zero-order valence-electron chi connectivity index (χ0n) is 7.06. The van der Waals surface area contributed by atoms with Gasteiger partial charge in [-0.15, -0.1) is 0 Å². The van der Waals surface area contributed by atoms with Crippen molar-refractivity contribution in [2.75, 3.05) is 0 Å². The highest BCUT2D eigenvalue weighted by molar-refractivity contribution is 6.30. The first-order valence-corrected chi connectivity index (χ1v) is 4.42. The fourth-order valence-electron chi connectivity index (χ4n) is 1.07. The molecule has 1 aromatic rings. The Balaban J connectivity index is 2.59. The Hall–Kier alpha value is -1.07. The van der Waals surface area contributed by atoms with Gasteiger partial charge in [0.1, 0.15) is 5.82 Å². The maximum Gasteiger partial charge on any atom is 0.142 e. The molecule has 3 heteroatoms. The van der Waals surface area contributed by atoms with Crippen molar-refractivity contribution in [3.8, 4) is 6.07 Å². The van der Waals surface area contributed by atoms with Crippen molar-refractivity contribution in [3.63, 3.8) is 0 Å². The summed E-state index contributed by atoms with van der Waals surface area (Å²) in [7, 11) is 0. The van der Waals surface area contributed by atoms with Gasteiger partial charge in [0.2, 0.25) is 0 Å². The van der Waals surface area contributed by atoms with Crippen LogP contribution in [0.2, 0.25) is 5.02 Å². The van der Waals surface area contributed by atoms with Gasteiger partial charge in [-0.3, -0.25) is 0 Å². The Kier molecular flexibility index (Phi) is 3.72. The highest BCUT2D eigenvalue weighted by Gasteiger charge is 2.00. The van der Waals surface area contributed by atoms with Crippen LogP contribution < -0.4 is 0 Å². The molecule has 0 spiro atoms. The number of hydrogen-bond donors (Lipinski definition) is 0. The van der Waals surface area contributed by atoms with Crippen molar-refractivity contribution < 1.29 is 4.39 Å². The molecule has 0 aliphatic carbocycles. The molecule has 0 N–H and O–H groups in total. The van der Waals surface area contributed by atoms with Gasteiger partial charge >= 0.3 is 0 Å². The molecule has 0 heterocycles. The molecule has 1 nitrogen and oxygen atoms in total. The van der Waals surface area contributed by atoms with Crippen LogP contribution in [0.1, 0.15) is 18.4 Å². The van der Waals surface area contributed by atoms with Crippen LogP contribution in [0, 0.1) is 17.1 Å². The van der Waals surface area contributed by atoms with Gasteiger partial charge in [0, 0.05) is 6.42 Å². The second kappa shape index (κ2) is 4.84.